The normalized spacial score (nSPS) is 14.7. The van der Waals surface area contributed by atoms with Gasteiger partial charge in [-0.15, -0.1) is 11.3 Å². The topological polar surface area (TPSA) is 77.9 Å². The maximum atomic E-state index is 12.7. The Kier molecular flexibility index (Phi) is 6.18. The molecule has 1 aromatic heterocycles. The first-order chi connectivity index (χ1) is 14.5. The number of amides is 2. The number of Topliss-reactive ketones (excluding diaryl/α,β-unsaturated/α-hetero) is 1. The lowest BCUT2D eigenvalue weighted by Crippen LogP contribution is -2.33. The van der Waals surface area contributed by atoms with Gasteiger partial charge in [0, 0.05) is 42.9 Å². The summed E-state index contributed by atoms with van der Waals surface area (Å²) in [6.07, 6.45) is 3.60. The second-order valence-electron chi connectivity index (χ2n) is 7.92. The van der Waals surface area contributed by atoms with Gasteiger partial charge in [0.2, 0.25) is 5.91 Å². The quantitative estimate of drug-likeness (QED) is 0.482. The number of hydrogen-bond donors (Lipinski definition) is 1. The number of unbranched alkanes of at least 4 members (excludes halogenated alkanes) is 1. The van der Waals surface area contributed by atoms with Crippen molar-refractivity contribution in [1.82, 2.24) is 4.90 Å². The Labute approximate surface area is 180 Å². The van der Waals surface area contributed by atoms with Gasteiger partial charge in [0.25, 0.3) is 0 Å². The van der Waals surface area contributed by atoms with Crippen LogP contribution in [0.4, 0.5) is 10.5 Å². The molecular weight excluding hydrogens is 400 g/mol. The van der Waals surface area contributed by atoms with Gasteiger partial charge in [0.1, 0.15) is 0 Å². The average Bonchev–Trinajstić information content (AvgIpc) is 3.40. The molecular formula is C23H26N2O4S. The van der Waals surface area contributed by atoms with Crippen molar-refractivity contribution in [3.8, 4) is 0 Å². The van der Waals surface area contributed by atoms with Crippen molar-refractivity contribution in [1.29, 1.82) is 0 Å². The molecule has 2 aliphatic heterocycles. The molecule has 0 saturated carbocycles. The van der Waals surface area contributed by atoms with Gasteiger partial charge in [-0.2, -0.15) is 0 Å². The number of benzene rings is 1. The number of thiophene rings is 1. The van der Waals surface area contributed by atoms with Gasteiger partial charge in [-0.3, -0.25) is 9.59 Å². The van der Waals surface area contributed by atoms with Crippen molar-refractivity contribution in [2.24, 2.45) is 0 Å². The van der Waals surface area contributed by atoms with Crippen LogP contribution in [0.5, 0.6) is 0 Å². The number of hydrogen-bond acceptors (Lipinski definition) is 4. The zero-order chi connectivity index (χ0) is 21.1. The predicted molar refractivity (Wildman–Crippen MR) is 117 cm³/mol. The van der Waals surface area contributed by atoms with Crippen LogP contribution in [0.1, 0.15) is 52.0 Å². The van der Waals surface area contributed by atoms with Crippen molar-refractivity contribution in [2.75, 3.05) is 24.5 Å². The standard InChI is InChI=1S/C23H26N2O4S/c26-20(5-1-2-10-24(23(28)29)11-9-19-4-3-13-30-19)18-14-16-6-7-21(27)25-12-8-17(15-18)22(16)25/h3-4,13-15H,1-2,5-12H2,(H,28,29). The Bertz CT molecular complexity index is 954. The third-order valence-corrected chi connectivity index (χ3v) is 6.87. The number of nitrogens with zero attached hydrogens (tertiary/aromatic N) is 2. The van der Waals surface area contributed by atoms with Crippen LogP contribution in [0.25, 0.3) is 0 Å². The van der Waals surface area contributed by atoms with E-state index in [4.69, 9.17) is 0 Å². The fourth-order valence-corrected chi connectivity index (χ4v) is 5.05. The molecule has 2 amide bonds. The van der Waals surface area contributed by atoms with Crippen molar-refractivity contribution < 1.29 is 19.5 Å². The predicted octanol–water partition coefficient (Wildman–Crippen LogP) is 4.16. The van der Waals surface area contributed by atoms with Crippen LogP contribution in [0.3, 0.4) is 0 Å². The van der Waals surface area contributed by atoms with E-state index >= 15 is 0 Å². The molecule has 0 radical (unpaired) electrons. The minimum absolute atomic E-state index is 0.102. The van der Waals surface area contributed by atoms with Crippen molar-refractivity contribution >= 4 is 34.8 Å². The maximum absolute atomic E-state index is 12.7. The molecule has 4 rings (SSSR count). The van der Waals surface area contributed by atoms with E-state index in [1.54, 1.807) is 11.3 Å². The van der Waals surface area contributed by atoms with Gasteiger partial charge in [-0.25, -0.2) is 4.79 Å². The fraction of sp³-hybridized carbons (Fsp3) is 0.435. The third kappa shape index (κ3) is 4.41. The minimum atomic E-state index is -0.908. The second kappa shape index (κ2) is 9.00. The smallest absolute Gasteiger partial charge is 0.407 e. The van der Waals surface area contributed by atoms with Gasteiger partial charge in [-0.1, -0.05) is 6.07 Å². The molecule has 0 aliphatic carbocycles. The van der Waals surface area contributed by atoms with E-state index in [1.807, 2.05) is 34.5 Å². The van der Waals surface area contributed by atoms with Crippen LogP contribution in [-0.2, 0) is 24.1 Å². The Morgan fingerprint density at radius 2 is 1.90 bits per heavy atom. The Morgan fingerprint density at radius 1 is 1.10 bits per heavy atom. The lowest BCUT2D eigenvalue weighted by atomic mass is 9.94. The molecule has 1 aromatic carbocycles. The molecule has 6 nitrogen and oxygen atoms in total. The maximum Gasteiger partial charge on any atom is 0.407 e. The second-order valence-corrected chi connectivity index (χ2v) is 8.95. The number of carbonyl (C=O) groups excluding carboxylic acids is 2. The molecule has 0 fully saturated rings. The molecule has 2 aliphatic rings. The first-order valence-corrected chi connectivity index (χ1v) is 11.4. The van der Waals surface area contributed by atoms with Gasteiger partial charge < -0.3 is 14.9 Å². The molecule has 0 bridgehead atoms. The van der Waals surface area contributed by atoms with E-state index in [-0.39, 0.29) is 11.7 Å². The molecule has 158 valence electrons. The summed E-state index contributed by atoms with van der Waals surface area (Å²) in [6.45, 7) is 1.64. The number of aryl methyl sites for hydroxylation is 1. The molecule has 1 N–H and O–H groups in total. The minimum Gasteiger partial charge on any atom is -0.465 e. The zero-order valence-corrected chi connectivity index (χ0v) is 17.7. The SMILES string of the molecule is O=C(CCCCN(CCc1cccs1)C(=O)O)c1cc2c3c(c1)CCN3C(=O)CC2. The molecule has 0 atom stereocenters. The average molecular weight is 427 g/mol. The molecule has 30 heavy (non-hydrogen) atoms. The number of rotatable bonds is 9. The van der Waals surface area contributed by atoms with E-state index in [0.717, 1.165) is 41.8 Å². The third-order valence-electron chi connectivity index (χ3n) is 5.93. The molecule has 0 unspecified atom stereocenters. The highest BCUT2D eigenvalue weighted by Crippen LogP contribution is 2.37. The Morgan fingerprint density at radius 3 is 2.63 bits per heavy atom. The van der Waals surface area contributed by atoms with Crippen molar-refractivity contribution in [2.45, 2.75) is 44.9 Å². The van der Waals surface area contributed by atoms with E-state index in [1.165, 1.54) is 9.78 Å². The molecule has 0 spiro atoms. The van der Waals surface area contributed by atoms with Crippen LogP contribution in [-0.4, -0.2) is 47.4 Å². The zero-order valence-electron chi connectivity index (χ0n) is 16.9. The summed E-state index contributed by atoms with van der Waals surface area (Å²) in [5, 5.41) is 11.4. The summed E-state index contributed by atoms with van der Waals surface area (Å²) in [5.41, 5.74) is 3.98. The van der Waals surface area contributed by atoms with Crippen LogP contribution in [0, 0.1) is 0 Å². The van der Waals surface area contributed by atoms with E-state index in [2.05, 4.69) is 0 Å². The van der Waals surface area contributed by atoms with E-state index in [0.29, 0.717) is 45.2 Å². The summed E-state index contributed by atoms with van der Waals surface area (Å²) >= 11 is 1.64. The van der Waals surface area contributed by atoms with E-state index < -0.39 is 6.09 Å². The van der Waals surface area contributed by atoms with Crippen LogP contribution < -0.4 is 4.90 Å². The monoisotopic (exact) mass is 426 g/mol. The van der Waals surface area contributed by atoms with Gasteiger partial charge in [-0.05, 0) is 66.8 Å². The van der Waals surface area contributed by atoms with Crippen molar-refractivity contribution in [3.63, 3.8) is 0 Å². The lowest BCUT2D eigenvalue weighted by molar-refractivity contribution is -0.118. The van der Waals surface area contributed by atoms with Crippen LogP contribution in [0.15, 0.2) is 29.6 Å². The molecule has 7 heteroatoms. The molecule has 2 aromatic rings. The van der Waals surface area contributed by atoms with Gasteiger partial charge in [0.15, 0.2) is 5.78 Å². The number of carboxylic acid groups (broad SMARTS) is 1. The highest BCUT2D eigenvalue weighted by atomic mass is 32.1. The number of carbonyl (C=O) groups is 3. The first kappa shape index (κ1) is 20.6. The van der Waals surface area contributed by atoms with Gasteiger partial charge >= 0.3 is 6.09 Å². The Balaban J connectivity index is 1.29. The number of anilines is 1. The lowest BCUT2D eigenvalue weighted by Gasteiger charge is -2.25. The highest BCUT2D eigenvalue weighted by Gasteiger charge is 2.31. The molecule has 0 saturated heterocycles. The van der Waals surface area contributed by atoms with Crippen molar-refractivity contribution in [3.05, 3.63) is 51.2 Å². The number of ketones is 1. The summed E-state index contributed by atoms with van der Waals surface area (Å²) in [5.74, 6) is 0.284. The summed E-state index contributed by atoms with van der Waals surface area (Å²) < 4.78 is 0. The van der Waals surface area contributed by atoms with E-state index in [9.17, 15) is 19.5 Å². The summed E-state index contributed by atoms with van der Waals surface area (Å²) in [7, 11) is 0. The summed E-state index contributed by atoms with van der Waals surface area (Å²) in [4.78, 5) is 40.7. The molecule has 3 heterocycles. The van der Waals surface area contributed by atoms with Gasteiger partial charge in [0.05, 0.1) is 5.69 Å². The van der Waals surface area contributed by atoms with Crippen LogP contribution >= 0.6 is 11.3 Å². The largest absolute Gasteiger partial charge is 0.465 e. The first-order valence-electron chi connectivity index (χ1n) is 10.5. The summed E-state index contributed by atoms with van der Waals surface area (Å²) in [6, 6.07) is 7.89. The fourth-order valence-electron chi connectivity index (χ4n) is 4.35. The highest BCUT2D eigenvalue weighted by molar-refractivity contribution is 7.09. The Hall–Kier alpha value is -2.67. The van der Waals surface area contributed by atoms with Crippen LogP contribution in [0.2, 0.25) is 0 Å².